The largest absolute Gasteiger partial charge is 0.465 e. The van der Waals surface area contributed by atoms with Crippen LogP contribution in [0.1, 0.15) is 45.2 Å². The number of carbonyl (C=O) groups excluding carboxylic acids is 2. The number of nitrogens with zero attached hydrogens (tertiary/aromatic N) is 1. The summed E-state index contributed by atoms with van der Waals surface area (Å²) < 4.78 is 24.7. The van der Waals surface area contributed by atoms with Gasteiger partial charge in [-0.1, -0.05) is 38.1 Å². The van der Waals surface area contributed by atoms with Crippen molar-refractivity contribution in [3.8, 4) is 11.1 Å². The molecule has 1 aliphatic heterocycles. The van der Waals surface area contributed by atoms with E-state index in [0.29, 0.717) is 13.0 Å². The summed E-state index contributed by atoms with van der Waals surface area (Å²) >= 11 is 0. The van der Waals surface area contributed by atoms with Gasteiger partial charge in [0.1, 0.15) is 11.9 Å². The van der Waals surface area contributed by atoms with E-state index in [4.69, 9.17) is 15.2 Å². The Bertz CT molecular complexity index is 1170. The van der Waals surface area contributed by atoms with Crippen molar-refractivity contribution in [1.29, 1.82) is 0 Å². The summed E-state index contributed by atoms with van der Waals surface area (Å²) in [7, 11) is 0. The first-order valence-electron chi connectivity index (χ1n) is 12.2. The summed E-state index contributed by atoms with van der Waals surface area (Å²) in [6.07, 6.45) is 7.78. The number of cyclic esters (lactones) is 1. The first-order valence-corrected chi connectivity index (χ1v) is 12.2. The van der Waals surface area contributed by atoms with Crippen LogP contribution in [0.2, 0.25) is 0 Å². The second kappa shape index (κ2) is 8.77. The van der Waals surface area contributed by atoms with Crippen molar-refractivity contribution in [2.75, 3.05) is 6.61 Å². The number of carbonyl (C=O) groups is 2. The number of hydrogen-bond acceptors (Lipinski definition) is 5. The molecule has 3 aliphatic rings. The second-order valence-corrected chi connectivity index (χ2v) is 10.6. The van der Waals surface area contributed by atoms with E-state index in [2.05, 4.69) is 24.9 Å². The Balaban J connectivity index is 1.46. The van der Waals surface area contributed by atoms with Gasteiger partial charge in [-0.2, -0.15) is 0 Å². The Kier molecular flexibility index (Phi) is 5.90. The highest BCUT2D eigenvalue weighted by Crippen LogP contribution is 2.63. The zero-order valence-corrected chi connectivity index (χ0v) is 20.1. The van der Waals surface area contributed by atoms with E-state index < -0.39 is 17.6 Å². The molecule has 1 amide bonds. The van der Waals surface area contributed by atoms with Gasteiger partial charge in [-0.05, 0) is 66.9 Å². The van der Waals surface area contributed by atoms with Crippen LogP contribution in [0.4, 0.5) is 9.18 Å². The van der Waals surface area contributed by atoms with Crippen LogP contribution in [0.25, 0.3) is 17.2 Å². The van der Waals surface area contributed by atoms with Gasteiger partial charge in [0.2, 0.25) is 0 Å². The summed E-state index contributed by atoms with van der Waals surface area (Å²) in [6.45, 7) is 4.79. The molecule has 1 saturated heterocycles. The van der Waals surface area contributed by atoms with Crippen molar-refractivity contribution in [2.45, 2.75) is 45.6 Å². The van der Waals surface area contributed by atoms with Gasteiger partial charge in [-0.3, -0.25) is 9.78 Å². The average Bonchev–Trinajstić information content (AvgIpc) is 3.22. The fourth-order valence-electron chi connectivity index (χ4n) is 7.04. The van der Waals surface area contributed by atoms with E-state index in [-0.39, 0.29) is 35.0 Å². The van der Waals surface area contributed by atoms with Crippen molar-refractivity contribution >= 4 is 18.1 Å². The molecule has 0 bridgehead atoms. The van der Waals surface area contributed by atoms with Crippen LogP contribution < -0.4 is 5.73 Å². The molecular weight excluding hydrogens is 447 g/mol. The van der Waals surface area contributed by atoms with Crippen molar-refractivity contribution in [3.63, 3.8) is 0 Å². The molecule has 0 radical (unpaired) electrons. The van der Waals surface area contributed by atoms with Crippen LogP contribution in [-0.4, -0.2) is 29.8 Å². The van der Waals surface area contributed by atoms with Crippen molar-refractivity contribution in [1.82, 2.24) is 4.98 Å². The SMILES string of the molecule is C[C@]1(/C=C/c2ccc(-c3cccc(F)c3)cn2)[C@H]2CC[C@@H]3COC(=O)[C@H]3[C@]2(C)CC[C@H]1OC(N)=O. The number of aromatic nitrogens is 1. The fourth-order valence-corrected chi connectivity index (χ4v) is 7.04. The van der Waals surface area contributed by atoms with Crippen LogP contribution in [0.15, 0.2) is 48.7 Å². The van der Waals surface area contributed by atoms with Gasteiger partial charge in [-0.15, -0.1) is 0 Å². The number of fused-ring (bicyclic) bond motifs is 3. The zero-order valence-electron chi connectivity index (χ0n) is 20.1. The van der Waals surface area contributed by atoms with Gasteiger partial charge in [0, 0.05) is 23.1 Å². The van der Waals surface area contributed by atoms with Crippen LogP contribution in [0, 0.1) is 34.4 Å². The van der Waals surface area contributed by atoms with Crippen LogP contribution in [0.3, 0.4) is 0 Å². The van der Waals surface area contributed by atoms with Crippen LogP contribution >= 0.6 is 0 Å². The molecule has 5 rings (SSSR count). The number of rotatable bonds is 4. The lowest BCUT2D eigenvalue weighted by molar-refractivity contribution is -0.159. The van der Waals surface area contributed by atoms with Gasteiger partial charge in [0.05, 0.1) is 18.2 Å². The quantitative estimate of drug-likeness (QED) is 0.597. The lowest BCUT2D eigenvalue weighted by Gasteiger charge is -2.58. The molecule has 6 nitrogen and oxygen atoms in total. The number of hydrogen-bond donors (Lipinski definition) is 1. The normalized spacial score (nSPS) is 34.2. The standard InChI is InChI=1S/C28H31FN2O4/c1-27(12-10-21-8-6-18(15-31-21)17-4-3-5-20(29)14-17)22-9-7-19-16-34-25(32)24(19)28(22,2)13-11-23(27)35-26(30)33/h3-6,8,10,12,14-15,19,22-24H,7,9,11,13,16H2,1-2H3,(H2,30,33)/b12-10+/t19-,22-,23-,24+,27+,28-/m1/s1. The number of nitrogens with two attached hydrogens (primary N) is 1. The van der Waals surface area contributed by atoms with Gasteiger partial charge in [0.25, 0.3) is 0 Å². The average molecular weight is 479 g/mol. The minimum Gasteiger partial charge on any atom is -0.465 e. The Morgan fingerprint density at radius 3 is 2.74 bits per heavy atom. The van der Waals surface area contributed by atoms with E-state index in [1.54, 1.807) is 12.3 Å². The fraction of sp³-hybridized carbons (Fsp3) is 0.464. The van der Waals surface area contributed by atoms with Crippen LogP contribution in [-0.2, 0) is 14.3 Å². The van der Waals surface area contributed by atoms with Gasteiger partial charge in [0.15, 0.2) is 0 Å². The Morgan fingerprint density at radius 2 is 2.03 bits per heavy atom. The maximum atomic E-state index is 13.6. The summed E-state index contributed by atoms with van der Waals surface area (Å²) in [5.41, 5.74) is 7.00. The maximum absolute atomic E-state index is 13.6. The molecule has 7 heteroatoms. The highest BCUT2D eigenvalue weighted by Gasteiger charge is 2.63. The molecular formula is C28H31FN2O4. The Hall–Kier alpha value is -3.22. The maximum Gasteiger partial charge on any atom is 0.404 e. The smallest absolute Gasteiger partial charge is 0.404 e. The summed E-state index contributed by atoms with van der Waals surface area (Å²) in [5.74, 6) is -0.156. The Labute approximate surface area is 204 Å². The van der Waals surface area contributed by atoms with E-state index >= 15 is 0 Å². The Morgan fingerprint density at radius 1 is 1.20 bits per heavy atom. The molecule has 35 heavy (non-hydrogen) atoms. The number of primary amides is 1. The lowest BCUT2D eigenvalue weighted by atomic mass is 9.45. The molecule has 2 N–H and O–H groups in total. The lowest BCUT2D eigenvalue weighted by Crippen LogP contribution is -2.58. The van der Waals surface area contributed by atoms with E-state index in [9.17, 15) is 14.0 Å². The molecule has 3 fully saturated rings. The van der Waals surface area contributed by atoms with Crippen molar-refractivity contribution in [3.05, 3.63) is 60.2 Å². The molecule has 2 aromatic rings. The molecule has 2 aliphatic carbocycles. The van der Waals surface area contributed by atoms with E-state index in [1.807, 2.05) is 24.3 Å². The van der Waals surface area contributed by atoms with Crippen molar-refractivity contribution in [2.24, 2.45) is 34.3 Å². The van der Waals surface area contributed by atoms with Crippen LogP contribution in [0.5, 0.6) is 0 Å². The zero-order chi connectivity index (χ0) is 24.8. The predicted molar refractivity (Wildman–Crippen MR) is 129 cm³/mol. The van der Waals surface area contributed by atoms with E-state index in [1.165, 1.54) is 12.1 Å². The first kappa shape index (κ1) is 23.5. The topological polar surface area (TPSA) is 91.5 Å². The summed E-state index contributed by atoms with van der Waals surface area (Å²) in [5, 5.41) is 0. The number of amides is 1. The highest BCUT2D eigenvalue weighted by atomic mass is 19.1. The van der Waals surface area contributed by atoms with Crippen molar-refractivity contribution < 1.29 is 23.5 Å². The molecule has 1 aromatic heterocycles. The second-order valence-electron chi connectivity index (χ2n) is 10.6. The third kappa shape index (κ3) is 4.11. The predicted octanol–water partition coefficient (Wildman–Crippen LogP) is 5.37. The van der Waals surface area contributed by atoms with Gasteiger partial charge < -0.3 is 15.2 Å². The molecule has 2 heterocycles. The number of pyridine rings is 1. The monoisotopic (exact) mass is 478 g/mol. The third-order valence-electron chi connectivity index (χ3n) is 8.70. The molecule has 184 valence electrons. The highest BCUT2D eigenvalue weighted by molar-refractivity contribution is 5.76. The molecule has 1 aromatic carbocycles. The number of esters is 1. The van der Waals surface area contributed by atoms with E-state index in [0.717, 1.165) is 36.1 Å². The molecule has 0 spiro atoms. The molecule has 2 saturated carbocycles. The minimum absolute atomic E-state index is 0.0996. The number of ether oxygens (including phenoxy) is 2. The number of benzene rings is 1. The molecule has 0 unspecified atom stereocenters. The summed E-state index contributed by atoms with van der Waals surface area (Å²) in [6, 6.07) is 10.2. The summed E-state index contributed by atoms with van der Waals surface area (Å²) in [4.78, 5) is 29.0. The minimum atomic E-state index is -0.787. The number of halogens is 1. The first-order chi connectivity index (χ1) is 16.7. The third-order valence-corrected chi connectivity index (χ3v) is 8.70. The molecule has 6 atom stereocenters. The van der Waals surface area contributed by atoms with Gasteiger partial charge in [-0.25, -0.2) is 9.18 Å². The van der Waals surface area contributed by atoms with Gasteiger partial charge >= 0.3 is 12.1 Å².